The molecule has 1 aromatic heterocycles. The van der Waals surface area contributed by atoms with Gasteiger partial charge in [0.1, 0.15) is 16.8 Å². The van der Waals surface area contributed by atoms with Crippen LogP contribution in [0.25, 0.3) is 0 Å². The minimum absolute atomic E-state index is 0.0520. The van der Waals surface area contributed by atoms with Gasteiger partial charge in [0.2, 0.25) is 0 Å². The van der Waals surface area contributed by atoms with Gasteiger partial charge in [-0.05, 0) is 74.6 Å². The first-order valence-electron chi connectivity index (χ1n) is 11.4. The Hall–Kier alpha value is -2.63. The van der Waals surface area contributed by atoms with E-state index < -0.39 is 0 Å². The Morgan fingerprint density at radius 1 is 1.06 bits per heavy atom. The van der Waals surface area contributed by atoms with Crippen molar-refractivity contribution in [2.45, 2.75) is 39.7 Å². The smallest absolute Gasteiger partial charge is 0.256 e. The molecule has 1 aliphatic rings. The van der Waals surface area contributed by atoms with Crippen molar-refractivity contribution in [1.82, 2.24) is 0 Å². The van der Waals surface area contributed by atoms with Gasteiger partial charge in [-0.15, -0.1) is 11.3 Å². The number of anilines is 1. The fraction of sp³-hybridized carbons (Fsp3) is 0.370. The molecule has 0 unspecified atom stereocenters. The van der Waals surface area contributed by atoms with Crippen molar-refractivity contribution in [1.29, 1.82) is 0 Å². The first-order valence-corrected chi connectivity index (χ1v) is 12.2. The molecule has 0 aliphatic carbocycles. The van der Waals surface area contributed by atoms with E-state index in [-0.39, 0.29) is 11.9 Å². The number of piperidine rings is 1. The fourth-order valence-electron chi connectivity index (χ4n) is 4.67. The molecule has 3 aromatic rings. The number of methoxy groups -OCH3 is 1. The van der Waals surface area contributed by atoms with Crippen LogP contribution < -0.4 is 15.0 Å². The van der Waals surface area contributed by atoms with Gasteiger partial charge in [-0.3, -0.25) is 4.79 Å². The van der Waals surface area contributed by atoms with Gasteiger partial charge in [-0.25, -0.2) is 0 Å². The summed E-state index contributed by atoms with van der Waals surface area (Å²) < 4.78 is 5.41. The first kappa shape index (κ1) is 22.6. The van der Waals surface area contributed by atoms with Crippen LogP contribution in [0.3, 0.4) is 0 Å². The van der Waals surface area contributed by atoms with E-state index in [1.807, 2.05) is 42.5 Å². The van der Waals surface area contributed by atoms with Crippen LogP contribution in [0.1, 0.15) is 57.7 Å². The normalized spacial score (nSPS) is 19.4. The van der Waals surface area contributed by atoms with E-state index in [9.17, 15) is 4.79 Å². The van der Waals surface area contributed by atoms with Crippen molar-refractivity contribution in [2.24, 2.45) is 5.92 Å². The summed E-state index contributed by atoms with van der Waals surface area (Å²) in [5.41, 5.74) is 4.49. The van der Waals surface area contributed by atoms with Gasteiger partial charge in [0, 0.05) is 16.0 Å². The van der Waals surface area contributed by atoms with Gasteiger partial charge in [-0.2, -0.15) is 0 Å². The van der Waals surface area contributed by atoms with Crippen molar-refractivity contribution in [3.8, 4) is 5.75 Å². The highest BCUT2D eigenvalue weighted by atomic mass is 32.1. The molecule has 2 aromatic carbocycles. The number of quaternary nitrogens is 1. The molecule has 168 valence electrons. The molecule has 0 spiro atoms. The maximum absolute atomic E-state index is 13.0. The Bertz CT molecular complexity index is 1050. The predicted molar refractivity (Wildman–Crippen MR) is 132 cm³/mol. The molecule has 1 atom stereocenters. The number of carbonyl (C=O) groups is 1. The summed E-state index contributed by atoms with van der Waals surface area (Å²) in [6, 6.07) is 18.1. The molecule has 32 heavy (non-hydrogen) atoms. The molecule has 0 saturated carbocycles. The van der Waals surface area contributed by atoms with Crippen molar-refractivity contribution >= 4 is 22.2 Å². The minimum Gasteiger partial charge on any atom is -0.497 e. The second-order valence-corrected chi connectivity index (χ2v) is 10.1. The highest BCUT2D eigenvalue weighted by Crippen LogP contribution is 2.39. The van der Waals surface area contributed by atoms with Gasteiger partial charge < -0.3 is 15.0 Å². The highest BCUT2D eigenvalue weighted by Gasteiger charge is 2.34. The zero-order chi connectivity index (χ0) is 22.7. The Morgan fingerprint density at radius 3 is 2.34 bits per heavy atom. The van der Waals surface area contributed by atoms with Crippen LogP contribution in [-0.2, 0) is 0 Å². The third-order valence-electron chi connectivity index (χ3n) is 6.76. The summed E-state index contributed by atoms with van der Waals surface area (Å²) in [7, 11) is 1.70. The maximum atomic E-state index is 13.0. The number of rotatable bonds is 6. The lowest BCUT2D eigenvalue weighted by Crippen LogP contribution is -3.13. The molecular formula is C27H33N2O2S+. The van der Waals surface area contributed by atoms with E-state index in [0.29, 0.717) is 5.56 Å². The van der Waals surface area contributed by atoms with Gasteiger partial charge in [-0.1, -0.05) is 25.1 Å². The lowest BCUT2D eigenvalue weighted by atomic mass is 9.91. The van der Waals surface area contributed by atoms with Crippen LogP contribution in [-0.4, -0.2) is 26.1 Å². The molecule has 2 N–H and O–H groups in total. The molecular weight excluding hydrogens is 416 g/mol. The van der Waals surface area contributed by atoms with Crippen LogP contribution in [0.2, 0.25) is 0 Å². The van der Waals surface area contributed by atoms with E-state index in [4.69, 9.17) is 4.74 Å². The number of likely N-dealkylation sites (tertiary alicyclic amines) is 1. The SMILES string of the molecule is COc1ccc([C@@H](c2c(NC(=O)c3ccccc3)sc(C)c2C)[NH+]2CCC(C)CC2)cc1. The second-order valence-electron chi connectivity index (χ2n) is 8.89. The highest BCUT2D eigenvalue weighted by molar-refractivity contribution is 7.16. The molecule has 1 aliphatic heterocycles. The first-order chi connectivity index (χ1) is 15.5. The van der Waals surface area contributed by atoms with Crippen LogP contribution in [0, 0.1) is 19.8 Å². The average Bonchev–Trinajstić information content (AvgIpc) is 3.09. The molecule has 0 radical (unpaired) electrons. The van der Waals surface area contributed by atoms with Gasteiger partial charge in [0.15, 0.2) is 0 Å². The van der Waals surface area contributed by atoms with Crippen molar-refractivity contribution in [3.63, 3.8) is 0 Å². The van der Waals surface area contributed by atoms with Gasteiger partial charge in [0.05, 0.1) is 25.8 Å². The number of benzene rings is 2. The number of amides is 1. The lowest BCUT2D eigenvalue weighted by Gasteiger charge is -2.35. The van der Waals surface area contributed by atoms with Crippen LogP contribution in [0.5, 0.6) is 5.75 Å². The van der Waals surface area contributed by atoms with Crippen LogP contribution in [0.4, 0.5) is 5.00 Å². The maximum Gasteiger partial charge on any atom is 0.256 e. The monoisotopic (exact) mass is 449 g/mol. The second kappa shape index (κ2) is 9.88. The van der Waals surface area contributed by atoms with Gasteiger partial charge >= 0.3 is 0 Å². The number of nitrogens with one attached hydrogen (secondary N) is 2. The Balaban J connectivity index is 1.75. The third-order valence-corrected chi connectivity index (χ3v) is 7.90. The number of ether oxygens (including phenoxy) is 1. The molecule has 1 amide bonds. The van der Waals surface area contributed by atoms with E-state index >= 15 is 0 Å². The Morgan fingerprint density at radius 2 is 1.72 bits per heavy atom. The Kier molecular flexibility index (Phi) is 6.97. The van der Waals surface area contributed by atoms with E-state index in [0.717, 1.165) is 29.8 Å². The standard InChI is InChI=1S/C27H32N2O2S/c1-18-14-16-29(17-15-18)25(21-10-12-23(31-4)13-11-21)24-19(2)20(3)32-27(24)28-26(30)22-8-6-5-7-9-22/h5-13,18,25H,14-17H2,1-4H3,(H,28,30)/p+1/t25-/m0/s1. The summed E-state index contributed by atoms with van der Waals surface area (Å²) in [4.78, 5) is 15.9. The molecule has 2 heterocycles. The minimum atomic E-state index is -0.0520. The number of carbonyl (C=O) groups excluding carboxylic acids is 1. The van der Waals surface area contributed by atoms with E-state index in [2.05, 4.69) is 38.2 Å². The van der Waals surface area contributed by atoms with Gasteiger partial charge in [0.25, 0.3) is 5.91 Å². The average molecular weight is 450 g/mol. The number of hydrogen-bond donors (Lipinski definition) is 2. The van der Waals surface area contributed by atoms with Crippen molar-refractivity contribution < 1.29 is 14.4 Å². The van der Waals surface area contributed by atoms with Crippen LogP contribution >= 0.6 is 11.3 Å². The summed E-state index contributed by atoms with van der Waals surface area (Å²) in [5.74, 6) is 1.59. The fourth-order valence-corrected chi connectivity index (χ4v) is 5.77. The molecule has 0 bridgehead atoms. The summed E-state index contributed by atoms with van der Waals surface area (Å²) >= 11 is 1.69. The molecule has 4 rings (SSSR count). The van der Waals surface area contributed by atoms with Crippen molar-refractivity contribution in [2.75, 3.05) is 25.5 Å². The summed E-state index contributed by atoms with van der Waals surface area (Å²) in [6.07, 6.45) is 2.46. The van der Waals surface area contributed by atoms with E-state index in [1.54, 1.807) is 23.3 Å². The largest absolute Gasteiger partial charge is 0.497 e. The predicted octanol–water partition coefficient (Wildman–Crippen LogP) is 5.03. The lowest BCUT2D eigenvalue weighted by molar-refractivity contribution is -0.931. The van der Waals surface area contributed by atoms with Crippen LogP contribution in [0.15, 0.2) is 54.6 Å². The number of aryl methyl sites for hydroxylation is 1. The summed E-state index contributed by atoms with van der Waals surface area (Å²) in [5, 5.41) is 4.22. The zero-order valence-electron chi connectivity index (χ0n) is 19.4. The molecule has 4 nitrogen and oxygen atoms in total. The van der Waals surface area contributed by atoms with Crippen molar-refractivity contribution in [3.05, 3.63) is 81.7 Å². The Labute approximate surface area is 195 Å². The third kappa shape index (κ3) is 4.74. The molecule has 1 saturated heterocycles. The number of hydrogen-bond acceptors (Lipinski definition) is 3. The zero-order valence-corrected chi connectivity index (χ0v) is 20.2. The topological polar surface area (TPSA) is 42.8 Å². The molecule has 5 heteroatoms. The summed E-state index contributed by atoms with van der Waals surface area (Å²) in [6.45, 7) is 8.98. The number of thiophene rings is 1. The molecule has 1 fully saturated rings. The van der Waals surface area contributed by atoms with E-state index in [1.165, 1.54) is 34.4 Å². The quantitative estimate of drug-likeness (QED) is 0.554.